The normalized spacial score (nSPS) is 20.9. The standard InChI is InChI=1S/C26H31N3O5/c1-32-21-8-5-18(6-9-21)22(28-11-3-2-4-12-28)15-27-26(31)19-13-25(30)29(16-19)20-7-10-23-24(14-20)34-17-33-23/h5-10,14,19,22H,2-4,11-13,15-17H2,1H3,(H,27,31). The zero-order valence-electron chi connectivity index (χ0n) is 19.5. The first-order valence-electron chi connectivity index (χ1n) is 12.0. The molecule has 3 aliphatic rings. The molecule has 8 nitrogen and oxygen atoms in total. The number of likely N-dealkylation sites (tertiary alicyclic amines) is 1. The van der Waals surface area contributed by atoms with Crippen molar-refractivity contribution in [1.29, 1.82) is 0 Å². The number of benzene rings is 2. The smallest absolute Gasteiger partial charge is 0.231 e. The zero-order valence-corrected chi connectivity index (χ0v) is 19.5. The highest BCUT2D eigenvalue weighted by Gasteiger charge is 2.36. The van der Waals surface area contributed by atoms with Crippen LogP contribution in [-0.4, -0.2) is 56.8 Å². The van der Waals surface area contributed by atoms with E-state index in [0.717, 1.165) is 30.1 Å². The van der Waals surface area contributed by atoms with Crippen LogP contribution in [0.15, 0.2) is 42.5 Å². The first-order valence-corrected chi connectivity index (χ1v) is 12.0. The molecule has 5 rings (SSSR count). The third-order valence-electron chi connectivity index (χ3n) is 6.97. The van der Waals surface area contributed by atoms with E-state index in [0.29, 0.717) is 24.6 Å². The van der Waals surface area contributed by atoms with Gasteiger partial charge in [0.2, 0.25) is 18.6 Å². The predicted molar refractivity (Wildman–Crippen MR) is 127 cm³/mol. The second-order valence-electron chi connectivity index (χ2n) is 9.07. The van der Waals surface area contributed by atoms with Gasteiger partial charge in [-0.15, -0.1) is 0 Å². The van der Waals surface area contributed by atoms with Crippen molar-refractivity contribution in [2.75, 3.05) is 45.0 Å². The highest BCUT2D eigenvalue weighted by Crippen LogP contribution is 2.37. The number of carbonyl (C=O) groups is 2. The topological polar surface area (TPSA) is 80.3 Å². The first kappa shape index (κ1) is 22.5. The van der Waals surface area contributed by atoms with Crippen molar-refractivity contribution in [2.45, 2.75) is 31.7 Å². The summed E-state index contributed by atoms with van der Waals surface area (Å²) in [7, 11) is 1.66. The molecule has 2 saturated heterocycles. The van der Waals surface area contributed by atoms with E-state index in [1.54, 1.807) is 24.1 Å². The van der Waals surface area contributed by atoms with Crippen LogP contribution in [0.3, 0.4) is 0 Å². The van der Waals surface area contributed by atoms with Crippen LogP contribution in [0.2, 0.25) is 0 Å². The fraction of sp³-hybridized carbons (Fsp3) is 0.462. The molecule has 0 aliphatic carbocycles. The molecule has 34 heavy (non-hydrogen) atoms. The number of ether oxygens (including phenoxy) is 3. The van der Waals surface area contributed by atoms with Crippen molar-refractivity contribution in [3.05, 3.63) is 48.0 Å². The van der Waals surface area contributed by atoms with E-state index in [4.69, 9.17) is 14.2 Å². The number of hydrogen-bond acceptors (Lipinski definition) is 6. The summed E-state index contributed by atoms with van der Waals surface area (Å²) < 4.78 is 16.1. The molecule has 2 fully saturated rings. The second kappa shape index (κ2) is 9.93. The van der Waals surface area contributed by atoms with Gasteiger partial charge in [0.15, 0.2) is 11.5 Å². The lowest BCUT2D eigenvalue weighted by atomic mass is 10.0. The number of nitrogens with one attached hydrogen (secondary N) is 1. The Morgan fingerprint density at radius 3 is 2.62 bits per heavy atom. The monoisotopic (exact) mass is 465 g/mol. The van der Waals surface area contributed by atoms with Gasteiger partial charge in [-0.1, -0.05) is 18.6 Å². The average Bonchev–Trinajstić information content (AvgIpc) is 3.51. The number of methoxy groups -OCH3 is 1. The van der Waals surface area contributed by atoms with Crippen molar-refractivity contribution in [3.63, 3.8) is 0 Å². The maximum absolute atomic E-state index is 13.1. The molecule has 0 saturated carbocycles. The van der Waals surface area contributed by atoms with Crippen LogP contribution in [0.4, 0.5) is 5.69 Å². The molecule has 0 aromatic heterocycles. The molecule has 2 aromatic rings. The highest BCUT2D eigenvalue weighted by molar-refractivity contribution is 6.00. The average molecular weight is 466 g/mol. The van der Waals surface area contributed by atoms with Gasteiger partial charge in [0.25, 0.3) is 0 Å². The van der Waals surface area contributed by atoms with Crippen LogP contribution in [-0.2, 0) is 9.59 Å². The Kier molecular flexibility index (Phi) is 6.58. The van der Waals surface area contributed by atoms with Crippen molar-refractivity contribution in [2.24, 2.45) is 5.92 Å². The Bertz CT molecular complexity index is 1040. The fourth-order valence-corrected chi connectivity index (χ4v) is 5.04. The van der Waals surface area contributed by atoms with Crippen LogP contribution in [0.5, 0.6) is 17.2 Å². The molecular formula is C26H31N3O5. The van der Waals surface area contributed by atoms with Gasteiger partial charge in [-0.05, 0) is 55.8 Å². The maximum atomic E-state index is 13.1. The Labute approximate surface area is 199 Å². The van der Waals surface area contributed by atoms with E-state index in [-0.39, 0.29) is 37.0 Å². The van der Waals surface area contributed by atoms with Crippen molar-refractivity contribution in [1.82, 2.24) is 10.2 Å². The van der Waals surface area contributed by atoms with Gasteiger partial charge in [0.1, 0.15) is 5.75 Å². The van der Waals surface area contributed by atoms with Crippen LogP contribution < -0.4 is 24.4 Å². The maximum Gasteiger partial charge on any atom is 0.231 e. The van der Waals surface area contributed by atoms with E-state index >= 15 is 0 Å². The number of fused-ring (bicyclic) bond motifs is 1. The lowest BCUT2D eigenvalue weighted by Crippen LogP contribution is -2.42. The van der Waals surface area contributed by atoms with Crippen LogP contribution in [0, 0.1) is 5.92 Å². The van der Waals surface area contributed by atoms with E-state index in [9.17, 15) is 9.59 Å². The molecule has 2 amide bonds. The Morgan fingerprint density at radius 2 is 1.85 bits per heavy atom. The molecule has 0 spiro atoms. The Balaban J connectivity index is 1.24. The molecule has 0 radical (unpaired) electrons. The number of hydrogen-bond donors (Lipinski definition) is 1. The number of amides is 2. The molecule has 180 valence electrons. The lowest BCUT2D eigenvalue weighted by Gasteiger charge is -2.35. The van der Waals surface area contributed by atoms with Crippen molar-refractivity contribution < 1.29 is 23.8 Å². The molecule has 2 atom stereocenters. The van der Waals surface area contributed by atoms with Gasteiger partial charge < -0.3 is 24.4 Å². The summed E-state index contributed by atoms with van der Waals surface area (Å²) in [6.45, 7) is 3.10. The second-order valence-corrected chi connectivity index (χ2v) is 9.07. The summed E-state index contributed by atoms with van der Waals surface area (Å²) in [5.74, 6) is 1.61. The Morgan fingerprint density at radius 1 is 1.09 bits per heavy atom. The first-order chi connectivity index (χ1) is 16.6. The quantitative estimate of drug-likeness (QED) is 0.677. The summed E-state index contributed by atoms with van der Waals surface area (Å²) in [5, 5.41) is 3.15. The number of rotatable bonds is 7. The highest BCUT2D eigenvalue weighted by atomic mass is 16.7. The summed E-state index contributed by atoms with van der Waals surface area (Å²) in [6, 6.07) is 13.6. The molecule has 8 heteroatoms. The van der Waals surface area contributed by atoms with Gasteiger partial charge in [0, 0.05) is 31.3 Å². The van der Waals surface area contributed by atoms with Crippen LogP contribution >= 0.6 is 0 Å². The van der Waals surface area contributed by atoms with E-state index in [1.807, 2.05) is 18.2 Å². The third kappa shape index (κ3) is 4.68. The minimum atomic E-state index is -0.379. The van der Waals surface area contributed by atoms with Crippen molar-refractivity contribution in [3.8, 4) is 17.2 Å². The summed E-state index contributed by atoms with van der Waals surface area (Å²) in [6.07, 6.45) is 3.79. The SMILES string of the molecule is COc1ccc(C(CNC(=O)C2CC(=O)N(c3ccc4c(c3)OCO4)C2)N2CCCCC2)cc1. The van der Waals surface area contributed by atoms with E-state index < -0.39 is 0 Å². The van der Waals surface area contributed by atoms with Gasteiger partial charge in [-0.25, -0.2) is 0 Å². The van der Waals surface area contributed by atoms with Crippen molar-refractivity contribution >= 4 is 17.5 Å². The molecule has 2 aromatic carbocycles. The summed E-state index contributed by atoms with van der Waals surface area (Å²) in [4.78, 5) is 29.9. The van der Waals surface area contributed by atoms with Gasteiger partial charge in [-0.2, -0.15) is 0 Å². The number of anilines is 1. The molecule has 3 aliphatic heterocycles. The van der Waals surface area contributed by atoms with E-state index in [1.165, 1.54) is 19.3 Å². The van der Waals surface area contributed by atoms with Crippen LogP contribution in [0.25, 0.3) is 0 Å². The summed E-state index contributed by atoms with van der Waals surface area (Å²) >= 11 is 0. The fourth-order valence-electron chi connectivity index (χ4n) is 5.04. The number of carbonyl (C=O) groups excluding carboxylic acids is 2. The molecule has 0 bridgehead atoms. The number of nitrogens with zero attached hydrogens (tertiary/aromatic N) is 2. The van der Waals surface area contributed by atoms with E-state index in [2.05, 4.69) is 22.3 Å². The van der Waals surface area contributed by atoms with Gasteiger partial charge in [-0.3, -0.25) is 14.5 Å². The Hall–Kier alpha value is -3.26. The molecule has 2 unspecified atom stereocenters. The summed E-state index contributed by atoms with van der Waals surface area (Å²) in [5.41, 5.74) is 1.89. The minimum absolute atomic E-state index is 0.0539. The molecular weight excluding hydrogens is 434 g/mol. The largest absolute Gasteiger partial charge is 0.497 e. The molecule has 3 heterocycles. The third-order valence-corrected chi connectivity index (χ3v) is 6.97. The minimum Gasteiger partial charge on any atom is -0.497 e. The predicted octanol–water partition coefficient (Wildman–Crippen LogP) is 3.12. The number of piperidine rings is 1. The van der Waals surface area contributed by atoms with Crippen LogP contribution in [0.1, 0.15) is 37.3 Å². The van der Waals surface area contributed by atoms with Gasteiger partial charge >= 0.3 is 0 Å². The molecule has 1 N–H and O–H groups in total. The zero-order chi connectivity index (χ0) is 23.5. The van der Waals surface area contributed by atoms with Gasteiger partial charge in [0.05, 0.1) is 19.1 Å². The lowest BCUT2D eigenvalue weighted by molar-refractivity contribution is -0.126.